The quantitative estimate of drug-likeness (QED) is 0.657. The molecule has 0 bridgehead atoms. The average molecular weight is 319 g/mol. The van der Waals surface area contributed by atoms with E-state index < -0.39 is 22.4 Å². The lowest BCUT2D eigenvalue weighted by atomic mass is 9.60. The number of ketones is 2. The molecule has 1 aliphatic rings. The van der Waals surface area contributed by atoms with Gasteiger partial charge in [-0.05, 0) is 40.0 Å². The van der Waals surface area contributed by atoms with Crippen LogP contribution in [0.15, 0.2) is 10.2 Å². The van der Waals surface area contributed by atoms with Gasteiger partial charge < -0.3 is 0 Å². The smallest absolute Gasteiger partial charge is 0.177 e. The van der Waals surface area contributed by atoms with E-state index in [4.69, 9.17) is 0 Å². The summed E-state index contributed by atoms with van der Waals surface area (Å²) in [7, 11) is 0. The summed E-state index contributed by atoms with van der Waals surface area (Å²) in [6.07, 6.45) is 3.06. The van der Waals surface area contributed by atoms with E-state index in [1.807, 2.05) is 20.8 Å². The molecule has 0 saturated carbocycles. The first-order valence-corrected chi connectivity index (χ1v) is 8.59. The lowest BCUT2D eigenvalue weighted by Crippen LogP contribution is -2.59. The van der Waals surface area contributed by atoms with Crippen LogP contribution in [0.1, 0.15) is 73.6 Å². The second kappa shape index (κ2) is 6.90. The summed E-state index contributed by atoms with van der Waals surface area (Å²) < 4.78 is 0. The molecule has 1 rings (SSSR count). The number of azo groups is 1. The molecule has 4 unspecified atom stereocenters. The zero-order valence-electron chi connectivity index (χ0n) is 15.3. The number of rotatable bonds is 7. The van der Waals surface area contributed by atoms with E-state index in [1.165, 1.54) is 0 Å². The first-order chi connectivity index (χ1) is 10.7. The van der Waals surface area contributed by atoms with Crippen LogP contribution in [0.5, 0.6) is 0 Å². The SMILES string of the molecule is CCCC(C)(C#N)C(=O)C1(C)C(=O)C(C)(CCC)N=NC1CC. The van der Waals surface area contributed by atoms with Crippen LogP contribution in [0.4, 0.5) is 0 Å². The average Bonchev–Trinajstić information content (AvgIpc) is 2.52. The van der Waals surface area contributed by atoms with E-state index in [9.17, 15) is 14.9 Å². The van der Waals surface area contributed by atoms with Crippen molar-refractivity contribution in [2.45, 2.75) is 85.2 Å². The number of hydrogen-bond acceptors (Lipinski definition) is 5. The molecule has 0 aliphatic carbocycles. The Kier molecular flexibility index (Phi) is 5.84. The summed E-state index contributed by atoms with van der Waals surface area (Å²) in [5.41, 5.74) is -3.40. The van der Waals surface area contributed by atoms with Crippen molar-refractivity contribution in [3.05, 3.63) is 0 Å². The van der Waals surface area contributed by atoms with Gasteiger partial charge in [0.1, 0.15) is 16.4 Å². The summed E-state index contributed by atoms with van der Waals surface area (Å²) in [5.74, 6) is -0.483. The number of carbonyl (C=O) groups is 2. The molecule has 0 fully saturated rings. The lowest BCUT2D eigenvalue weighted by molar-refractivity contribution is -0.150. The minimum Gasteiger partial charge on any atom is -0.297 e. The van der Waals surface area contributed by atoms with Crippen molar-refractivity contribution in [3.63, 3.8) is 0 Å². The molecule has 128 valence electrons. The van der Waals surface area contributed by atoms with Gasteiger partial charge in [0, 0.05) is 0 Å². The molecule has 1 aliphatic heterocycles. The Morgan fingerprint density at radius 1 is 1.30 bits per heavy atom. The van der Waals surface area contributed by atoms with Gasteiger partial charge in [0.05, 0.1) is 12.1 Å². The number of Topliss-reactive ketones (excluding diaryl/α,β-unsaturated/α-hetero) is 2. The van der Waals surface area contributed by atoms with Crippen molar-refractivity contribution in [3.8, 4) is 6.07 Å². The third kappa shape index (κ3) is 3.08. The summed E-state index contributed by atoms with van der Waals surface area (Å²) in [4.78, 5) is 26.5. The van der Waals surface area contributed by atoms with Crippen molar-refractivity contribution in [2.24, 2.45) is 21.1 Å². The van der Waals surface area contributed by atoms with E-state index in [-0.39, 0.29) is 11.6 Å². The summed E-state index contributed by atoms with van der Waals surface area (Å²) in [5, 5.41) is 18.2. The molecule has 23 heavy (non-hydrogen) atoms. The topological polar surface area (TPSA) is 82.6 Å². The third-order valence-corrected chi connectivity index (χ3v) is 5.14. The zero-order valence-corrected chi connectivity index (χ0v) is 15.3. The molecule has 0 amide bonds. The predicted octanol–water partition coefficient (Wildman–Crippen LogP) is 4.26. The number of nitriles is 1. The molecule has 5 nitrogen and oxygen atoms in total. The standard InChI is InChI=1S/C18H29N3O2/c1-7-10-16(4,12-19)14(22)18(6)13(9-3)20-21-17(5,11-8-2)15(18)23/h13H,7-11H2,1-6H3. The highest BCUT2D eigenvalue weighted by atomic mass is 16.2. The van der Waals surface area contributed by atoms with Crippen molar-refractivity contribution >= 4 is 11.6 Å². The molecule has 0 spiro atoms. The Balaban J connectivity index is 3.44. The van der Waals surface area contributed by atoms with Gasteiger partial charge in [-0.2, -0.15) is 15.5 Å². The zero-order chi connectivity index (χ0) is 17.9. The van der Waals surface area contributed by atoms with Crippen molar-refractivity contribution in [1.29, 1.82) is 5.26 Å². The second-order valence-corrected chi connectivity index (χ2v) is 7.22. The van der Waals surface area contributed by atoms with Crippen LogP contribution >= 0.6 is 0 Å². The van der Waals surface area contributed by atoms with Crippen LogP contribution in [0.3, 0.4) is 0 Å². The van der Waals surface area contributed by atoms with Gasteiger partial charge in [-0.1, -0.05) is 33.6 Å². The Morgan fingerprint density at radius 2 is 1.91 bits per heavy atom. The maximum atomic E-state index is 13.3. The Labute approximate surface area is 139 Å². The summed E-state index contributed by atoms with van der Waals surface area (Å²) in [6, 6.07) is 1.66. The fraction of sp³-hybridized carbons (Fsp3) is 0.833. The number of carbonyl (C=O) groups excluding carboxylic acids is 2. The normalized spacial score (nSPS) is 33.1. The highest BCUT2D eigenvalue weighted by molar-refractivity contribution is 6.14. The van der Waals surface area contributed by atoms with E-state index in [0.29, 0.717) is 25.7 Å². The molecule has 0 aromatic rings. The highest BCUT2D eigenvalue weighted by Gasteiger charge is 2.60. The molecular formula is C18H29N3O2. The Hall–Kier alpha value is -1.57. The summed E-state index contributed by atoms with van der Waals surface area (Å²) >= 11 is 0. The Morgan fingerprint density at radius 3 is 2.35 bits per heavy atom. The second-order valence-electron chi connectivity index (χ2n) is 7.22. The minimum atomic E-state index is -1.28. The van der Waals surface area contributed by atoms with Crippen LogP contribution in [-0.4, -0.2) is 23.1 Å². The monoisotopic (exact) mass is 319 g/mol. The molecule has 0 saturated heterocycles. The molecule has 0 radical (unpaired) electrons. The van der Waals surface area contributed by atoms with Gasteiger partial charge in [-0.3, -0.25) is 9.59 Å². The van der Waals surface area contributed by atoms with Crippen molar-refractivity contribution < 1.29 is 9.59 Å². The van der Waals surface area contributed by atoms with Gasteiger partial charge in [-0.15, -0.1) is 0 Å². The maximum Gasteiger partial charge on any atom is 0.177 e. The molecule has 0 aromatic carbocycles. The lowest BCUT2D eigenvalue weighted by Gasteiger charge is -2.43. The number of nitrogens with zero attached hydrogens (tertiary/aromatic N) is 3. The minimum absolute atomic E-state index is 0.184. The van der Waals surface area contributed by atoms with E-state index in [2.05, 4.69) is 16.3 Å². The molecule has 4 atom stereocenters. The van der Waals surface area contributed by atoms with Gasteiger partial charge in [-0.25, -0.2) is 0 Å². The van der Waals surface area contributed by atoms with Crippen molar-refractivity contribution in [2.75, 3.05) is 0 Å². The van der Waals surface area contributed by atoms with Crippen molar-refractivity contribution in [1.82, 2.24) is 0 Å². The molecule has 0 N–H and O–H groups in total. The van der Waals surface area contributed by atoms with Gasteiger partial charge in [0.15, 0.2) is 11.6 Å². The third-order valence-electron chi connectivity index (χ3n) is 5.14. The van der Waals surface area contributed by atoms with E-state index in [1.54, 1.807) is 20.8 Å². The number of hydrogen-bond donors (Lipinski definition) is 0. The van der Waals surface area contributed by atoms with Gasteiger partial charge >= 0.3 is 0 Å². The first kappa shape index (κ1) is 19.5. The molecule has 1 heterocycles. The van der Waals surface area contributed by atoms with Crippen LogP contribution < -0.4 is 0 Å². The van der Waals surface area contributed by atoms with Gasteiger partial charge in [0.25, 0.3) is 0 Å². The maximum absolute atomic E-state index is 13.3. The largest absolute Gasteiger partial charge is 0.297 e. The highest BCUT2D eigenvalue weighted by Crippen LogP contribution is 2.45. The van der Waals surface area contributed by atoms with Gasteiger partial charge in [0.2, 0.25) is 0 Å². The van der Waals surface area contributed by atoms with Crippen LogP contribution in [0.2, 0.25) is 0 Å². The van der Waals surface area contributed by atoms with E-state index >= 15 is 0 Å². The fourth-order valence-corrected chi connectivity index (χ4v) is 3.76. The van der Waals surface area contributed by atoms with Crippen LogP contribution in [0, 0.1) is 22.2 Å². The predicted molar refractivity (Wildman–Crippen MR) is 89.0 cm³/mol. The molecule has 5 heteroatoms. The molecule has 0 aromatic heterocycles. The van der Waals surface area contributed by atoms with Crippen LogP contribution in [0.25, 0.3) is 0 Å². The van der Waals surface area contributed by atoms with E-state index in [0.717, 1.165) is 6.42 Å². The van der Waals surface area contributed by atoms with Crippen LogP contribution in [-0.2, 0) is 9.59 Å². The summed E-state index contributed by atoms with van der Waals surface area (Å²) in [6.45, 7) is 10.9. The fourth-order valence-electron chi connectivity index (χ4n) is 3.76. The first-order valence-electron chi connectivity index (χ1n) is 8.59. The molecular weight excluding hydrogens is 290 g/mol. The Bertz CT molecular complexity index is 551.